The highest BCUT2D eigenvalue weighted by Crippen LogP contribution is 2.23. The summed E-state index contributed by atoms with van der Waals surface area (Å²) in [6, 6.07) is 16.3. The number of hydrogen-bond donors (Lipinski definition) is 1. The number of halogens is 1. The maximum Gasteiger partial charge on any atom is 0.265 e. The monoisotopic (exact) mass is 425 g/mol. The number of thiophene rings is 1. The van der Waals surface area contributed by atoms with E-state index in [0.29, 0.717) is 33.1 Å². The molecule has 1 N–H and O–H groups in total. The minimum atomic E-state index is -0.135. The fourth-order valence-corrected chi connectivity index (χ4v) is 3.32. The molecule has 0 radical (unpaired) electrons. The van der Waals surface area contributed by atoms with Crippen molar-refractivity contribution in [1.29, 1.82) is 0 Å². The first-order valence-corrected chi connectivity index (χ1v) is 10.0. The number of rotatable bonds is 6. The molecule has 0 atom stereocenters. The number of carbonyl (C=O) groups excluding carboxylic acids is 1. The number of benzene rings is 2. The Morgan fingerprint density at radius 1 is 1.21 bits per heavy atom. The summed E-state index contributed by atoms with van der Waals surface area (Å²) < 4.78 is 10.9. The Labute approximate surface area is 176 Å². The van der Waals surface area contributed by atoms with E-state index in [4.69, 9.17) is 20.9 Å². The van der Waals surface area contributed by atoms with Gasteiger partial charge in [0.15, 0.2) is 6.61 Å². The van der Waals surface area contributed by atoms with Gasteiger partial charge in [0.05, 0.1) is 4.88 Å². The Bertz CT molecular complexity index is 1120. The number of aromatic nitrogens is 2. The van der Waals surface area contributed by atoms with Crippen molar-refractivity contribution in [3.05, 3.63) is 81.3 Å². The molecule has 0 aliphatic heterocycles. The molecule has 4 rings (SSSR count). The molecule has 0 aliphatic rings. The summed E-state index contributed by atoms with van der Waals surface area (Å²) in [7, 11) is 0. The topological polar surface area (TPSA) is 77.2 Å². The van der Waals surface area contributed by atoms with Crippen LogP contribution >= 0.6 is 22.9 Å². The number of anilines is 1. The van der Waals surface area contributed by atoms with Crippen molar-refractivity contribution in [1.82, 2.24) is 10.1 Å². The SMILES string of the molecule is Cc1cc(OCc2nc(-c3ccc(NC(=O)c4cccs4)cc3)no2)ccc1Cl. The number of hydrogen-bond acceptors (Lipinski definition) is 6. The average Bonchev–Trinajstić information content (AvgIpc) is 3.42. The van der Waals surface area contributed by atoms with Gasteiger partial charge in [-0.25, -0.2) is 0 Å². The highest BCUT2D eigenvalue weighted by Gasteiger charge is 2.11. The molecule has 0 fully saturated rings. The summed E-state index contributed by atoms with van der Waals surface area (Å²) in [6.07, 6.45) is 0. The second-order valence-electron chi connectivity index (χ2n) is 6.22. The van der Waals surface area contributed by atoms with Crippen molar-refractivity contribution >= 4 is 34.5 Å². The highest BCUT2D eigenvalue weighted by molar-refractivity contribution is 7.12. The van der Waals surface area contributed by atoms with Crippen LogP contribution in [0.25, 0.3) is 11.4 Å². The van der Waals surface area contributed by atoms with E-state index >= 15 is 0 Å². The number of carbonyl (C=O) groups is 1. The average molecular weight is 426 g/mol. The van der Waals surface area contributed by atoms with Crippen molar-refractivity contribution < 1.29 is 14.1 Å². The highest BCUT2D eigenvalue weighted by atomic mass is 35.5. The molecular formula is C21H16ClN3O3S. The van der Waals surface area contributed by atoms with Gasteiger partial charge in [0.2, 0.25) is 5.82 Å². The van der Waals surface area contributed by atoms with Crippen molar-refractivity contribution in [2.45, 2.75) is 13.5 Å². The molecule has 2 heterocycles. The molecule has 0 saturated heterocycles. The zero-order chi connectivity index (χ0) is 20.2. The summed E-state index contributed by atoms with van der Waals surface area (Å²) in [5.41, 5.74) is 2.40. The van der Waals surface area contributed by atoms with Gasteiger partial charge in [-0.05, 0) is 66.4 Å². The van der Waals surface area contributed by atoms with E-state index in [1.54, 1.807) is 30.3 Å². The van der Waals surface area contributed by atoms with Crippen molar-refractivity contribution in [3.8, 4) is 17.1 Å². The second-order valence-corrected chi connectivity index (χ2v) is 7.58. The third kappa shape index (κ3) is 4.64. The fourth-order valence-electron chi connectivity index (χ4n) is 2.59. The summed E-state index contributed by atoms with van der Waals surface area (Å²) in [5.74, 6) is 1.36. The molecule has 4 aromatic rings. The second kappa shape index (κ2) is 8.46. The van der Waals surface area contributed by atoms with Crippen molar-refractivity contribution in [2.24, 2.45) is 0 Å². The first kappa shape index (κ1) is 19.2. The molecular weight excluding hydrogens is 410 g/mol. The van der Waals surface area contributed by atoms with Gasteiger partial charge in [0.25, 0.3) is 11.8 Å². The van der Waals surface area contributed by atoms with Crippen LogP contribution in [0.4, 0.5) is 5.69 Å². The minimum Gasteiger partial charge on any atom is -0.484 e. The van der Waals surface area contributed by atoms with Gasteiger partial charge in [0, 0.05) is 16.3 Å². The molecule has 146 valence electrons. The van der Waals surface area contributed by atoms with Gasteiger partial charge < -0.3 is 14.6 Å². The van der Waals surface area contributed by atoms with E-state index in [1.165, 1.54) is 11.3 Å². The zero-order valence-electron chi connectivity index (χ0n) is 15.4. The van der Waals surface area contributed by atoms with Crippen molar-refractivity contribution in [3.63, 3.8) is 0 Å². The van der Waals surface area contributed by atoms with Crippen LogP contribution < -0.4 is 10.1 Å². The van der Waals surface area contributed by atoms with Crippen LogP contribution in [0.2, 0.25) is 5.02 Å². The third-order valence-corrected chi connectivity index (χ3v) is 5.40. The van der Waals surface area contributed by atoms with E-state index in [-0.39, 0.29) is 12.5 Å². The Morgan fingerprint density at radius 2 is 2.03 bits per heavy atom. The lowest BCUT2D eigenvalue weighted by atomic mass is 10.2. The molecule has 8 heteroatoms. The van der Waals surface area contributed by atoms with Gasteiger partial charge in [-0.3, -0.25) is 4.79 Å². The summed E-state index contributed by atoms with van der Waals surface area (Å²) in [6.45, 7) is 2.07. The maximum absolute atomic E-state index is 12.1. The van der Waals surface area contributed by atoms with Crippen LogP contribution in [-0.4, -0.2) is 16.0 Å². The molecule has 29 heavy (non-hydrogen) atoms. The van der Waals surface area contributed by atoms with E-state index in [2.05, 4.69) is 15.5 Å². The standard InChI is InChI=1S/C21H16ClN3O3S/c1-13-11-16(8-9-17(13)22)27-12-19-24-20(25-28-19)14-4-6-15(7-5-14)23-21(26)18-3-2-10-29-18/h2-11H,12H2,1H3,(H,23,26). The summed E-state index contributed by atoms with van der Waals surface area (Å²) >= 11 is 7.41. The Balaban J connectivity index is 1.38. The third-order valence-electron chi connectivity index (χ3n) is 4.11. The van der Waals surface area contributed by atoms with Crippen LogP contribution in [-0.2, 0) is 6.61 Å². The van der Waals surface area contributed by atoms with E-state index in [0.717, 1.165) is 11.1 Å². The minimum absolute atomic E-state index is 0.135. The molecule has 2 aromatic carbocycles. The number of ether oxygens (including phenoxy) is 1. The molecule has 0 saturated carbocycles. The predicted octanol–water partition coefficient (Wildman–Crippen LogP) is 5.59. The maximum atomic E-state index is 12.1. The van der Waals surface area contributed by atoms with E-state index in [1.807, 2.05) is 36.6 Å². The van der Waals surface area contributed by atoms with Gasteiger partial charge in [-0.15, -0.1) is 11.3 Å². The molecule has 2 aromatic heterocycles. The Kier molecular flexibility index (Phi) is 5.59. The zero-order valence-corrected chi connectivity index (χ0v) is 17.0. The number of nitrogens with one attached hydrogen (secondary N) is 1. The number of amides is 1. The quantitative estimate of drug-likeness (QED) is 0.435. The molecule has 6 nitrogen and oxygen atoms in total. The van der Waals surface area contributed by atoms with E-state index < -0.39 is 0 Å². The Morgan fingerprint density at radius 3 is 2.76 bits per heavy atom. The number of nitrogens with zero attached hydrogens (tertiary/aromatic N) is 2. The predicted molar refractivity (Wildman–Crippen MR) is 113 cm³/mol. The van der Waals surface area contributed by atoms with Gasteiger partial charge in [-0.2, -0.15) is 4.98 Å². The van der Waals surface area contributed by atoms with Crippen LogP contribution in [0, 0.1) is 6.92 Å². The smallest absolute Gasteiger partial charge is 0.265 e. The van der Waals surface area contributed by atoms with Crippen LogP contribution in [0.5, 0.6) is 5.75 Å². The lowest BCUT2D eigenvalue weighted by molar-refractivity contribution is 0.103. The number of aryl methyl sites for hydroxylation is 1. The lowest BCUT2D eigenvalue weighted by Gasteiger charge is -2.05. The largest absolute Gasteiger partial charge is 0.484 e. The van der Waals surface area contributed by atoms with Crippen molar-refractivity contribution in [2.75, 3.05) is 5.32 Å². The molecule has 0 unspecified atom stereocenters. The first-order valence-electron chi connectivity index (χ1n) is 8.75. The van der Waals surface area contributed by atoms with Gasteiger partial charge >= 0.3 is 0 Å². The van der Waals surface area contributed by atoms with Gasteiger partial charge in [-0.1, -0.05) is 22.8 Å². The Hall–Kier alpha value is -3.16. The molecule has 1 amide bonds. The lowest BCUT2D eigenvalue weighted by Crippen LogP contribution is -2.09. The molecule has 0 bridgehead atoms. The van der Waals surface area contributed by atoms with Crippen LogP contribution in [0.15, 0.2) is 64.5 Å². The first-order chi connectivity index (χ1) is 14.1. The summed E-state index contributed by atoms with van der Waals surface area (Å²) in [5, 5.41) is 9.39. The van der Waals surface area contributed by atoms with Gasteiger partial charge in [0.1, 0.15) is 5.75 Å². The van der Waals surface area contributed by atoms with Crippen LogP contribution in [0.1, 0.15) is 21.1 Å². The fraction of sp³-hybridized carbons (Fsp3) is 0.0952. The van der Waals surface area contributed by atoms with E-state index in [9.17, 15) is 4.79 Å². The van der Waals surface area contributed by atoms with Crippen LogP contribution in [0.3, 0.4) is 0 Å². The molecule has 0 spiro atoms. The summed E-state index contributed by atoms with van der Waals surface area (Å²) in [4.78, 5) is 17.1. The normalized spacial score (nSPS) is 10.7. The molecule has 0 aliphatic carbocycles.